The molecular weight excluding hydrogens is 390 g/mol. The zero-order valence-corrected chi connectivity index (χ0v) is 18.0. The van der Waals surface area contributed by atoms with Crippen molar-refractivity contribution in [1.82, 2.24) is 14.7 Å². The molecule has 6 nitrogen and oxygen atoms in total. The lowest BCUT2D eigenvalue weighted by molar-refractivity contribution is -0.0830. The van der Waals surface area contributed by atoms with Crippen LogP contribution >= 0.6 is 11.6 Å². The molecule has 2 heterocycles. The molecule has 0 atom stereocenters. The van der Waals surface area contributed by atoms with E-state index in [1.807, 2.05) is 26.8 Å². The molecule has 0 radical (unpaired) electrons. The first-order chi connectivity index (χ1) is 13.5. The van der Waals surface area contributed by atoms with Crippen LogP contribution in [0.2, 0.25) is 5.02 Å². The molecule has 1 aliphatic heterocycles. The van der Waals surface area contributed by atoms with Gasteiger partial charge in [-0.25, -0.2) is 9.48 Å². The van der Waals surface area contributed by atoms with E-state index in [0.29, 0.717) is 16.3 Å². The van der Waals surface area contributed by atoms with E-state index in [9.17, 15) is 9.59 Å². The Morgan fingerprint density at radius 2 is 1.97 bits per heavy atom. The Labute approximate surface area is 175 Å². The molecule has 4 rings (SSSR count). The Bertz CT molecular complexity index is 1070. The molecule has 1 aliphatic carbocycles. The predicted molar refractivity (Wildman–Crippen MR) is 114 cm³/mol. The van der Waals surface area contributed by atoms with Crippen LogP contribution in [0.1, 0.15) is 39.2 Å². The van der Waals surface area contributed by atoms with Crippen LogP contribution in [0.3, 0.4) is 0 Å². The van der Waals surface area contributed by atoms with Crippen LogP contribution in [0.4, 0.5) is 4.79 Å². The number of allylic oxidation sites excluding steroid dienone is 1. The summed E-state index contributed by atoms with van der Waals surface area (Å²) >= 11 is 6.29. The molecule has 2 aliphatic rings. The molecule has 1 spiro atoms. The number of aryl methyl sites for hydroxylation is 1. The number of carbonyl (C=O) groups is 1. The van der Waals surface area contributed by atoms with E-state index in [2.05, 4.69) is 11.7 Å². The van der Waals surface area contributed by atoms with E-state index >= 15 is 0 Å². The highest BCUT2D eigenvalue weighted by Crippen LogP contribution is 2.56. The lowest BCUT2D eigenvalue weighted by Crippen LogP contribution is -2.64. The minimum absolute atomic E-state index is 0.168. The number of rotatable bonds is 2. The minimum Gasteiger partial charge on any atom is -0.444 e. The van der Waals surface area contributed by atoms with Gasteiger partial charge in [0.25, 0.3) is 5.56 Å². The molecule has 1 saturated heterocycles. The first kappa shape index (κ1) is 20.0. The molecule has 29 heavy (non-hydrogen) atoms. The summed E-state index contributed by atoms with van der Waals surface area (Å²) in [5.74, 6) is 0.323. The van der Waals surface area contributed by atoms with E-state index in [4.69, 9.17) is 16.3 Å². The normalized spacial score (nSPS) is 18.4. The van der Waals surface area contributed by atoms with Gasteiger partial charge >= 0.3 is 6.09 Å². The third-order valence-electron chi connectivity index (χ3n) is 5.96. The first-order valence-electron chi connectivity index (χ1n) is 9.81. The largest absolute Gasteiger partial charge is 0.444 e. The average molecular weight is 416 g/mol. The molecule has 7 heteroatoms. The zero-order valence-electron chi connectivity index (χ0n) is 17.3. The van der Waals surface area contributed by atoms with Gasteiger partial charge in [-0.05, 0) is 56.7 Å². The maximum atomic E-state index is 12.5. The molecule has 0 unspecified atom stereocenters. The molecular formula is C22H26ClN3O3. The molecule has 1 aromatic heterocycles. The predicted octanol–water partition coefficient (Wildman–Crippen LogP) is 4.25. The third kappa shape index (κ3) is 3.44. The van der Waals surface area contributed by atoms with Crippen molar-refractivity contribution in [3.63, 3.8) is 0 Å². The number of likely N-dealkylation sites (tertiary alicyclic amines) is 1. The Hall–Kier alpha value is -2.34. The standard InChI is InChI=1S/C22H26ClN3O3/c1-13(15-6-7-17(23)18-16(15)10-24-25(5)19(18)27)14-8-22(9-14)11-26(12-22)20(28)29-21(2,3)4/h6-7,10,14H,1,8-9,11-12H2,2-5H3. The number of nitrogens with zero attached hydrogens (tertiary/aromatic N) is 3. The second kappa shape index (κ2) is 6.59. The Morgan fingerprint density at radius 3 is 2.59 bits per heavy atom. The van der Waals surface area contributed by atoms with Gasteiger partial charge in [0.1, 0.15) is 5.60 Å². The molecule has 1 aromatic carbocycles. The van der Waals surface area contributed by atoms with Gasteiger partial charge in [-0.3, -0.25) is 4.79 Å². The van der Waals surface area contributed by atoms with Crippen LogP contribution in [0.25, 0.3) is 16.3 Å². The summed E-state index contributed by atoms with van der Waals surface area (Å²) in [4.78, 5) is 26.4. The van der Waals surface area contributed by atoms with E-state index in [1.54, 1.807) is 24.2 Å². The number of ether oxygens (including phenoxy) is 1. The second-order valence-electron chi connectivity index (χ2n) is 9.42. The molecule has 1 saturated carbocycles. The molecule has 0 N–H and O–H groups in total. The fourth-order valence-corrected chi connectivity index (χ4v) is 4.76. The van der Waals surface area contributed by atoms with E-state index in [1.165, 1.54) is 4.68 Å². The number of halogens is 1. The summed E-state index contributed by atoms with van der Waals surface area (Å²) in [6.45, 7) is 11.4. The fraction of sp³-hybridized carbons (Fsp3) is 0.500. The number of hydrogen-bond donors (Lipinski definition) is 0. The SMILES string of the molecule is C=C(c1ccc(Cl)c2c(=O)n(C)ncc12)C1CC2(C1)CN(C(=O)OC(C)(C)C)C2. The van der Waals surface area contributed by atoms with Crippen molar-refractivity contribution >= 4 is 34.0 Å². The molecule has 2 fully saturated rings. The molecule has 0 bridgehead atoms. The van der Waals surface area contributed by atoms with Gasteiger partial charge in [-0.15, -0.1) is 0 Å². The van der Waals surface area contributed by atoms with Crippen molar-refractivity contribution in [3.05, 3.63) is 45.8 Å². The van der Waals surface area contributed by atoms with Crippen LogP contribution in [0.5, 0.6) is 0 Å². The highest BCUT2D eigenvalue weighted by molar-refractivity contribution is 6.35. The number of amides is 1. The highest BCUT2D eigenvalue weighted by Gasteiger charge is 2.54. The highest BCUT2D eigenvalue weighted by atomic mass is 35.5. The Kier molecular flexibility index (Phi) is 4.53. The number of aromatic nitrogens is 2. The third-order valence-corrected chi connectivity index (χ3v) is 6.28. The van der Waals surface area contributed by atoms with E-state index in [-0.39, 0.29) is 17.1 Å². The van der Waals surface area contributed by atoms with Gasteiger partial charge in [-0.2, -0.15) is 5.10 Å². The topological polar surface area (TPSA) is 64.4 Å². The summed E-state index contributed by atoms with van der Waals surface area (Å²) in [5.41, 5.74) is 1.41. The summed E-state index contributed by atoms with van der Waals surface area (Å²) in [6.07, 6.45) is 3.41. The minimum atomic E-state index is -0.475. The van der Waals surface area contributed by atoms with E-state index < -0.39 is 5.60 Å². The summed E-state index contributed by atoms with van der Waals surface area (Å²) < 4.78 is 6.74. The maximum Gasteiger partial charge on any atom is 0.410 e. The summed E-state index contributed by atoms with van der Waals surface area (Å²) in [5, 5.41) is 5.81. The Morgan fingerprint density at radius 1 is 1.31 bits per heavy atom. The lowest BCUT2D eigenvalue weighted by atomic mass is 9.55. The van der Waals surface area contributed by atoms with Gasteiger partial charge in [-0.1, -0.05) is 24.2 Å². The average Bonchev–Trinajstić information content (AvgIpc) is 2.54. The van der Waals surface area contributed by atoms with Crippen LogP contribution < -0.4 is 5.56 Å². The van der Waals surface area contributed by atoms with Gasteiger partial charge < -0.3 is 9.64 Å². The lowest BCUT2D eigenvalue weighted by Gasteiger charge is -2.59. The molecule has 1 amide bonds. The number of benzene rings is 1. The second-order valence-corrected chi connectivity index (χ2v) is 9.83. The number of fused-ring (bicyclic) bond motifs is 1. The van der Waals surface area contributed by atoms with Crippen molar-refractivity contribution in [2.45, 2.75) is 39.2 Å². The smallest absolute Gasteiger partial charge is 0.410 e. The van der Waals surface area contributed by atoms with Crippen LogP contribution in [0, 0.1) is 11.3 Å². The fourth-order valence-electron chi connectivity index (χ4n) is 4.51. The monoisotopic (exact) mass is 415 g/mol. The van der Waals surface area contributed by atoms with Crippen molar-refractivity contribution in [2.24, 2.45) is 18.4 Å². The summed E-state index contributed by atoms with van der Waals surface area (Å²) in [6, 6.07) is 3.68. The maximum absolute atomic E-state index is 12.5. The van der Waals surface area contributed by atoms with Gasteiger partial charge in [0, 0.05) is 30.9 Å². The van der Waals surface area contributed by atoms with Crippen molar-refractivity contribution < 1.29 is 9.53 Å². The Balaban J connectivity index is 1.46. The zero-order chi connectivity index (χ0) is 21.1. The quantitative estimate of drug-likeness (QED) is 0.735. The van der Waals surface area contributed by atoms with Gasteiger partial charge in [0.2, 0.25) is 0 Å². The van der Waals surface area contributed by atoms with Gasteiger partial charge in [0.05, 0.1) is 16.6 Å². The van der Waals surface area contributed by atoms with E-state index in [0.717, 1.165) is 42.5 Å². The van der Waals surface area contributed by atoms with Crippen molar-refractivity contribution in [2.75, 3.05) is 13.1 Å². The van der Waals surface area contributed by atoms with Crippen LogP contribution in [-0.2, 0) is 11.8 Å². The number of carbonyl (C=O) groups excluding carboxylic acids is 1. The molecule has 154 valence electrons. The summed E-state index contributed by atoms with van der Waals surface area (Å²) in [7, 11) is 1.61. The van der Waals surface area contributed by atoms with Crippen molar-refractivity contribution in [3.8, 4) is 0 Å². The van der Waals surface area contributed by atoms with Crippen LogP contribution in [0.15, 0.2) is 29.7 Å². The van der Waals surface area contributed by atoms with Crippen molar-refractivity contribution in [1.29, 1.82) is 0 Å². The molecule has 2 aromatic rings. The van der Waals surface area contributed by atoms with Gasteiger partial charge in [0.15, 0.2) is 0 Å². The number of hydrogen-bond acceptors (Lipinski definition) is 4. The van der Waals surface area contributed by atoms with Crippen LogP contribution in [-0.4, -0.2) is 39.5 Å². The first-order valence-corrected chi connectivity index (χ1v) is 10.2.